The molecule has 19 heavy (non-hydrogen) atoms. The third kappa shape index (κ3) is 3.28. The lowest BCUT2D eigenvalue weighted by atomic mass is 9.91. The molecule has 0 saturated heterocycles. The summed E-state index contributed by atoms with van der Waals surface area (Å²) in [5.74, 6) is 0.114. The molecule has 5 heteroatoms. The van der Waals surface area contributed by atoms with Crippen molar-refractivity contribution >= 4 is 15.5 Å². The predicted octanol–water partition coefficient (Wildman–Crippen LogP) is 2.16. The molecule has 0 aromatic heterocycles. The minimum Gasteiger partial charge on any atom is -0.380 e. The summed E-state index contributed by atoms with van der Waals surface area (Å²) in [6, 6.07) is 7.37. The van der Waals surface area contributed by atoms with Gasteiger partial charge in [-0.05, 0) is 25.0 Å². The highest BCUT2D eigenvalue weighted by Gasteiger charge is 2.24. The van der Waals surface area contributed by atoms with Gasteiger partial charge in [-0.15, -0.1) is 0 Å². The van der Waals surface area contributed by atoms with E-state index in [9.17, 15) is 8.42 Å². The van der Waals surface area contributed by atoms with Crippen molar-refractivity contribution in [2.45, 2.75) is 49.6 Å². The molecule has 1 fully saturated rings. The molecule has 1 aliphatic rings. The molecule has 0 aliphatic heterocycles. The number of anilines is 1. The summed E-state index contributed by atoms with van der Waals surface area (Å²) in [7, 11) is -3.20. The molecule has 2 rings (SSSR count). The van der Waals surface area contributed by atoms with E-state index in [4.69, 9.17) is 5.73 Å². The topological polar surface area (TPSA) is 72.2 Å². The molecule has 106 valence electrons. The van der Waals surface area contributed by atoms with Crippen molar-refractivity contribution in [3.05, 3.63) is 24.3 Å². The van der Waals surface area contributed by atoms with Crippen molar-refractivity contribution in [1.82, 2.24) is 0 Å². The minimum absolute atomic E-state index is 0.103. The lowest BCUT2D eigenvalue weighted by molar-refractivity contribution is 0.403. The van der Waals surface area contributed by atoms with E-state index in [1.807, 2.05) is 12.1 Å². The third-order valence-corrected chi connectivity index (χ3v) is 5.55. The Labute approximate surface area is 115 Å². The zero-order valence-corrected chi connectivity index (χ0v) is 12.1. The second kappa shape index (κ2) is 5.92. The molecule has 2 unspecified atom stereocenters. The second-order valence-electron chi connectivity index (χ2n) is 5.10. The van der Waals surface area contributed by atoms with Crippen molar-refractivity contribution in [3.63, 3.8) is 0 Å². The number of hydrogen-bond acceptors (Lipinski definition) is 4. The molecule has 4 nitrogen and oxygen atoms in total. The number of para-hydroxylation sites is 1. The van der Waals surface area contributed by atoms with E-state index in [1.165, 1.54) is 0 Å². The molecular weight excluding hydrogens is 260 g/mol. The smallest absolute Gasteiger partial charge is 0.180 e. The largest absolute Gasteiger partial charge is 0.380 e. The van der Waals surface area contributed by atoms with Gasteiger partial charge in [0.05, 0.1) is 16.3 Å². The van der Waals surface area contributed by atoms with Crippen LogP contribution in [-0.4, -0.2) is 26.3 Å². The van der Waals surface area contributed by atoms with Gasteiger partial charge in [-0.25, -0.2) is 8.42 Å². The number of hydrogen-bond donors (Lipinski definition) is 2. The van der Waals surface area contributed by atoms with Crippen molar-refractivity contribution in [1.29, 1.82) is 0 Å². The number of sulfone groups is 1. The Morgan fingerprint density at radius 1 is 1.26 bits per heavy atom. The SMILES string of the molecule is CCS(=O)(=O)c1ccccc1NC1CCCCC1N. The molecule has 3 N–H and O–H groups in total. The third-order valence-electron chi connectivity index (χ3n) is 3.76. The molecule has 0 bridgehead atoms. The first-order valence-corrected chi connectivity index (χ1v) is 8.53. The fraction of sp³-hybridized carbons (Fsp3) is 0.571. The maximum absolute atomic E-state index is 12.1. The van der Waals surface area contributed by atoms with Crippen molar-refractivity contribution in [2.75, 3.05) is 11.1 Å². The van der Waals surface area contributed by atoms with Crippen molar-refractivity contribution < 1.29 is 8.42 Å². The summed E-state index contributed by atoms with van der Waals surface area (Å²) in [6.07, 6.45) is 4.31. The highest BCUT2D eigenvalue weighted by Crippen LogP contribution is 2.26. The summed E-state index contributed by atoms with van der Waals surface area (Å²) in [5, 5.41) is 3.34. The van der Waals surface area contributed by atoms with E-state index in [0.29, 0.717) is 10.6 Å². The van der Waals surface area contributed by atoms with Crippen LogP contribution in [0.1, 0.15) is 32.6 Å². The lowest BCUT2D eigenvalue weighted by Crippen LogP contribution is -2.42. The average Bonchev–Trinajstić information content (AvgIpc) is 2.42. The molecule has 2 atom stereocenters. The Balaban J connectivity index is 2.25. The summed E-state index contributed by atoms with van der Waals surface area (Å²) < 4.78 is 24.1. The first-order chi connectivity index (χ1) is 9.04. The summed E-state index contributed by atoms with van der Waals surface area (Å²) in [4.78, 5) is 0.385. The zero-order valence-electron chi connectivity index (χ0n) is 11.3. The van der Waals surface area contributed by atoms with Gasteiger partial charge in [0.2, 0.25) is 0 Å². The number of rotatable bonds is 4. The van der Waals surface area contributed by atoms with Crippen LogP contribution < -0.4 is 11.1 Å². The van der Waals surface area contributed by atoms with Crippen LogP contribution in [0.15, 0.2) is 29.2 Å². The molecular formula is C14H22N2O2S. The Morgan fingerprint density at radius 2 is 1.95 bits per heavy atom. The van der Waals surface area contributed by atoms with E-state index < -0.39 is 9.84 Å². The summed E-state index contributed by atoms with van der Waals surface area (Å²) in [5.41, 5.74) is 6.79. The molecule has 1 aromatic carbocycles. The van der Waals surface area contributed by atoms with Crippen LogP contribution in [0.5, 0.6) is 0 Å². The summed E-state index contributed by atoms with van der Waals surface area (Å²) in [6.45, 7) is 1.67. The van der Waals surface area contributed by atoms with Gasteiger partial charge in [-0.2, -0.15) is 0 Å². The first kappa shape index (κ1) is 14.3. The van der Waals surface area contributed by atoms with E-state index in [-0.39, 0.29) is 17.8 Å². The molecule has 1 aromatic rings. The number of nitrogens with two attached hydrogens (primary N) is 1. The first-order valence-electron chi connectivity index (χ1n) is 6.88. The molecule has 0 radical (unpaired) electrons. The van der Waals surface area contributed by atoms with Gasteiger partial charge >= 0.3 is 0 Å². The monoisotopic (exact) mass is 282 g/mol. The number of benzene rings is 1. The van der Waals surface area contributed by atoms with Crippen LogP contribution in [0, 0.1) is 0 Å². The quantitative estimate of drug-likeness (QED) is 0.887. The van der Waals surface area contributed by atoms with Gasteiger partial charge in [0.25, 0.3) is 0 Å². The maximum Gasteiger partial charge on any atom is 0.180 e. The fourth-order valence-corrected chi connectivity index (χ4v) is 3.61. The van der Waals surface area contributed by atoms with Gasteiger partial charge in [0, 0.05) is 12.1 Å². The zero-order chi connectivity index (χ0) is 13.9. The minimum atomic E-state index is -3.20. The van der Waals surface area contributed by atoms with Crippen molar-refractivity contribution in [2.24, 2.45) is 5.73 Å². The van der Waals surface area contributed by atoms with Crippen LogP contribution >= 0.6 is 0 Å². The molecule has 0 amide bonds. The van der Waals surface area contributed by atoms with Gasteiger partial charge in [0.15, 0.2) is 9.84 Å². The van der Waals surface area contributed by atoms with Gasteiger partial charge < -0.3 is 11.1 Å². The van der Waals surface area contributed by atoms with E-state index in [2.05, 4.69) is 5.32 Å². The standard InChI is InChI=1S/C14H22N2O2S/c1-2-19(17,18)14-10-6-5-9-13(14)16-12-8-4-3-7-11(12)15/h5-6,9-12,16H,2-4,7-8,15H2,1H3. The Morgan fingerprint density at radius 3 is 2.63 bits per heavy atom. The Bertz CT molecular complexity index is 528. The van der Waals surface area contributed by atoms with E-state index in [0.717, 1.165) is 25.7 Å². The molecule has 0 heterocycles. The Kier molecular flexibility index (Phi) is 4.47. The molecule has 0 spiro atoms. The Hall–Kier alpha value is -1.07. The second-order valence-corrected chi connectivity index (χ2v) is 7.35. The van der Waals surface area contributed by atoms with Crippen LogP contribution in [-0.2, 0) is 9.84 Å². The van der Waals surface area contributed by atoms with Gasteiger partial charge in [0.1, 0.15) is 0 Å². The predicted molar refractivity (Wildman–Crippen MR) is 78.0 cm³/mol. The van der Waals surface area contributed by atoms with E-state index in [1.54, 1.807) is 19.1 Å². The molecule has 1 saturated carbocycles. The average molecular weight is 282 g/mol. The van der Waals surface area contributed by atoms with Crippen LogP contribution in [0.3, 0.4) is 0 Å². The van der Waals surface area contributed by atoms with Gasteiger partial charge in [-0.1, -0.05) is 31.9 Å². The van der Waals surface area contributed by atoms with Crippen LogP contribution in [0.4, 0.5) is 5.69 Å². The van der Waals surface area contributed by atoms with Crippen LogP contribution in [0.2, 0.25) is 0 Å². The highest BCUT2D eigenvalue weighted by atomic mass is 32.2. The summed E-state index contributed by atoms with van der Waals surface area (Å²) >= 11 is 0. The normalized spacial score (nSPS) is 24.1. The number of nitrogens with one attached hydrogen (secondary N) is 1. The van der Waals surface area contributed by atoms with Crippen molar-refractivity contribution in [3.8, 4) is 0 Å². The highest BCUT2D eigenvalue weighted by molar-refractivity contribution is 7.91. The maximum atomic E-state index is 12.1. The van der Waals surface area contributed by atoms with E-state index >= 15 is 0 Å². The molecule has 1 aliphatic carbocycles. The van der Waals surface area contributed by atoms with Crippen LogP contribution in [0.25, 0.3) is 0 Å². The fourth-order valence-electron chi connectivity index (χ4n) is 2.55. The lowest BCUT2D eigenvalue weighted by Gasteiger charge is -2.30. The van der Waals surface area contributed by atoms with Gasteiger partial charge in [-0.3, -0.25) is 0 Å².